The highest BCUT2D eigenvalue weighted by Gasteiger charge is 2.00. The molecule has 0 amide bonds. The van der Waals surface area contributed by atoms with Crippen molar-refractivity contribution in [1.29, 1.82) is 0 Å². The van der Waals surface area contributed by atoms with Crippen molar-refractivity contribution in [2.45, 2.75) is 13.0 Å². The molecule has 0 aliphatic rings. The van der Waals surface area contributed by atoms with Crippen molar-refractivity contribution in [2.75, 3.05) is 32.2 Å². The van der Waals surface area contributed by atoms with Gasteiger partial charge in [0.15, 0.2) is 0 Å². The second-order valence-corrected chi connectivity index (χ2v) is 3.65. The minimum Gasteiger partial charge on any atom is -0.491 e. The SMILES string of the molecule is COCCOc1cccc(NC(C)CN)c1. The van der Waals surface area contributed by atoms with E-state index in [4.69, 9.17) is 15.2 Å². The number of methoxy groups -OCH3 is 1. The lowest BCUT2D eigenvalue weighted by atomic mass is 10.2. The van der Waals surface area contributed by atoms with E-state index in [9.17, 15) is 0 Å². The summed E-state index contributed by atoms with van der Waals surface area (Å²) in [5.74, 6) is 0.839. The predicted octanol–water partition coefficient (Wildman–Crippen LogP) is 1.47. The molecule has 0 aromatic heterocycles. The van der Waals surface area contributed by atoms with Gasteiger partial charge in [0.1, 0.15) is 12.4 Å². The average Bonchev–Trinajstić information content (AvgIpc) is 2.30. The van der Waals surface area contributed by atoms with E-state index in [0.717, 1.165) is 11.4 Å². The van der Waals surface area contributed by atoms with Crippen LogP contribution < -0.4 is 15.8 Å². The zero-order chi connectivity index (χ0) is 11.8. The summed E-state index contributed by atoms with van der Waals surface area (Å²) in [4.78, 5) is 0. The van der Waals surface area contributed by atoms with Crippen molar-refractivity contribution >= 4 is 5.69 Å². The zero-order valence-electron chi connectivity index (χ0n) is 9.90. The fraction of sp³-hybridized carbons (Fsp3) is 0.500. The van der Waals surface area contributed by atoms with Gasteiger partial charge >= 0.3 is 0 Å². The molecule has 1 rings (SSSR count). The predicted molar refractivity (Wildman–Crippen MR) is 66.0 cm³/mol. The molecule has 0 bridgehead atoms. The fourth-order valence-corrected chi connectivity index (χ4v) is 1.26. The number of ether oxygens (including phenoxy) is 2. The van der Waals surface area contributed by atoms with E-state index in [0.29, 0.717) is 19.8 Å². The lowest BCUT2D eigenvalue weighted by Crippen LogP contribution is -2.25. The van der Waals surface area contributed by atoms with Crippen LogP contribution in [0.1, 0.15) is 6.92 Å². The number of anilines is 1. The van der Waals surface area contributed by atoms with Gasteiger partial charge in [-0.05, 0) is 19.1 Å². The Morgan fingerprint density at radius 2 is 2.19 bits per heavy atom. The third kappa shape index (κ3) is 4.51. The Bertz CT molecular complexity index is 305. The van der Waals surface area contributed by atoms with Crippen LogP contribution in [0.2, 0.25) is 0 Å². The third-order valence-corrected chi connectivity index (χ3v) is 2.16. The van der Waals surface area contributed by atoms with Gasteiger partial charge in [0.05, 0.1) is 6.61 Å². The third-order valence-electron chi connectivity index (χ3n) is 2.16. The molecule has 3 N–H and O–H groups in total. The standard InChI is InChI=1S/C12H20N2O2/c1-10(9-13)14-11-4-3-5-12(8-11)16-7-6-15-2/h3-5,8,10,14H,6-7,9,13H2,1-2H3. The number of rotatable bonds is 7. The molecule has 4 heteroatoms. The van der Waals surface area contributed by atoms with Crippen molar-refractivity contribution in [3.8, 4) is 5.75 Å². The van der Waals surface area contributed by atoms with E-state index in [1.165, 1.54) is 0 Å². The van der Waals surface area contributed by atoms with E-state index in [1.807, 2.05) is 31.2 Å². The summed E-state index contributed by atoms with van der Waals surface area (Å²) in [6, 6.07) is 8.09. The van der Waals surface area contributed by atoms with Gasteiger partial charge < -0.3 is 20.5 Å². The molecule has 0 spiro atoms. The Labute approximate surface area is 96.7 Å². The number of hydrogen-bond donors (Lipinski definition) is 2. The van der Waals surface area contributed by atoms with E-state index >= 15 is 0 Å². The summed E-state index contributed by atoms with van der Waals surface area (Å²) in [7, 11) is 1.66. The molecule has 0 heterocycles. The van der Waals surface area contributed by atoms with Gasteiger partial charge in [-0.1, -0.05) is 6.07 Å². The van der Waals surface area contributed by atoms with E-state index in [1.54, 1.807) is 7.11 Å². The fourth-order valence-electron chi connectivity index (χ4n) is 1.26. The maximum atomic E-state index is 5.55. The minimum absolute atomic E-state index is 0.259. The Kier molecular flexibility index (Phi) is 5.67. The maximum Gasteiger partial charge on any atom is 0.121 e. The Hall–Kier alpha value is -1.26. The molecule has 0 fully saturated rings. The molecule has 4 nitrogen and oxygen atoms in total. The number of hydrogen-bond acceptors (Lipinski definition) is 4. The van der Waals surface area contributed by atoms with Crippen LogP contribution in [0.4, 0.5) is 5.69 Å². The maximum absolute atomic E-state index is 5.55. The summed E-state index contributed by atoms with van der Waals surface area (Å²) < 4.78 is 10.4. The first-order valence-corrected chi connectivity index (χ1v) is 5.44. The van der Waals surface area contributed by atoms with Gasteiger partial charge in [-0.2, -0.15) is 0 Å². The van der Waals surface area contributed by atoms with Crippen LogP contribution in [-0.2, 0) is 4.74 Å². The minimum atomic E-state index is 0.259. The van der Waals surface area contributed by atoms with Crippen LogP contribution in [0.3, 0.4) is 0 Å². The van der Waals surface area contributed by atoms with Crippen molar-refractivity contribution in [1.82, 2.24) is 0 Å². The summed E-state index contributed by atoms with van der Waals surface area (Å²) in [5, 5.41) is 3.29. The molecule has 1 aromatic carbocycles. The molecule has 1 aromatic rings. The molecule has 0 aliphatic heterocycles. The van der Waals surface area contributed by atoms with E-state index in [2.05, 4.69) is 5.32 Å². The highest BCUT2D eigenvalue weighted by atomic mass is 16.5. The molecule has 1 atom stereocenters. The first-order valence-electron chi connectivity index (χ1n) is 5.44. The van der Waals surface area contributed by atoms with Crippen LogP contribution in [0, 0.1) is 0 Å². The topological polar surface area (TPSA) is 56.5 Å². The highest BCUT2D eigenvalue weighted by Crippen LogP contribution is 2.17. The van der Waals surface area contributed by atoms with Crippen molar-refractivity contribution in [3.05, 3.63) is 24.3 Å². The first-order chi connectivity index (χ1) is 7.76. The zero-order valence-corrected chi connectivity index (χ0v) is 9.90. The van der Waals surface area contributed by atoms with Gasteiger partial charge in [-0.15, -0.1) is 0 Å². The van der Waals surface area contributed by atoms with Crippen molar-refractivity contribution < 1.29 is 9.47 Å². The molecule has 0 radical (unpaired) electrons. The lowest BCUT2D eigenvalue weighted by Gasteiger charge is -2.14. The van der Waals surface area contributed by atoms with Crippen LogP contribution in [0.25, 0.3) is 0 Å². The normalized spacial score (nSPS) is 12.2. The molecule has 16 heavy (non-hydrogen) atoms. The second-order valence-electron chi connectivity index (χ2n) is 3.65. The molecule has 0 saturated heterocycles. The van der Waals surface area contributed by atoms with Gasteiger partial charge in [-0.25, -0.2) is 0 Å². The monoisotopic (exact) mass is 224 g/mol. The Balaban J connectivity index is 2.50. The van der Waals surface area contributed by atoms with Crippen LogP contribution in [0.5, 0.6) is 5.75 Å². The summed E-state index contributed by atoms with van der Waals surface area (Å²) >= 11 is 0. The number of nitrogens with two attached hydrogens (primary N) is 1. The molecular weight excluding hydrogens is 204 g/mol. The van der Waals surface area contributed by atoms with E-state index < -0.39 is 0 Å². The smallest absolute Gasteiger partial charge is 0.121 e. The molecular formula is C12H20N2O2. The van der Waals surface area contributed by atoms with Gasteiger partial charge in [0.2, 0.25) is 0 Å². The highest BCUT2D eigenvalue weighted by molar-refractivity contribution is 5.48. The molecule has 90 valence electrons. The van der Waals surface area contributed by atoms with Gasteiger partial charge in [0.25, 0.3) is 0 Å². The van der Waals surface area contributed by atoms with Crippen molar-refractivity contribution in [3.63, 3.8) is 0 Å². The molecule has 1 unspecified atom stereocenters. The molecule has 0 saturated carbocycles. The van der Waals surface area contributed by atoms with Crippen LogP contribution >= 0.6 is 0 Å². The Morgan fingerprint density at radius 3 is 2.88 bits per heavy atom. The number of nitrogens with one attached hydrogen (secondary N) is 1. The second kappa shape index (κ2) is 7.09. The first kappa shape index (κ1) is 12.8. The van der Waals surface area contributed by atoms with Gasteiger partial charge in [0, 0.05) is 31.5 Å². The summed E-state index contributed by atoms with van der Waals surface area (Å²) in [6.45, 7) is 3.80. The van der Waals surface area contributed by atoms with Crippen LogP contribution in [0.15, 0.2) is 24.3 Å². The summed E-state index contributed by atoms with van der Waals surface area (Å²) in [6.07, 6.45) is 0. The van der Waals surface area contributed by atoms with Crippen molar-refractivity contribution in [2.24, 2.45) is 5.73 Å². The van der Waals surface area contributed by atoms with Crippen LogP contribution in [-0.4, -0.2) is 32.9 Å². The lowest BCUT2D eigenvalue weighted by molar-refractivity contribution is 0.146. The molecule has 0 aliphatic carbocycles. The Morgan fingerprint density at radius 1 is 1.38 bits per heavy atom. The van der Waals surface area contributed by atoms with E-state index in [-0.39, 0.29) is 6.04 Å². The van der Waals surface area contributed by atoms with Gasteiger partial charge in [-0.3, -0.25) is 0 Å². The number of benzene rings is 1. The summed E-state index contributed by atoms with van der Waals surface area (Å²) in [5.41, 5.74) is 6.57. The average molecular weight is 224 g/mol. The largest absolute Gasteiger partial charge is 0.491 e. The quantitative estimate of drug-likeness (QED) is 0.689.